The number of ether oxygens (including phenoxy) is 1. The number of hydrogen-bond donors (Lipinski definition) is 2. The van der Waals surface area contributed by atoms with Gasteiger partial charge in [-0.05, 0) is 39.3 Å². The summed E-state index contributed by atoms with van der Waals surface area (Å²) in [6, 6.07) is 3.87. The lowest BCUT2D eigenvalue weighted by molar-refractivity contribution is 0.0524. The zero-order chi connectivity index (χ0) is 14.5. The third kappa shape index (κ3) is 5.26. The van der Waals surface area contributed by atoms with Crippen molar-refractivity contribution in [3.05, 3.63) is 29.6 Å². The number of aryl methyl sites for hydroxylation is 1. The SMILES string of the molecule is Cc1cccnc1C(CN)CNC(=O)OC(C)(C)C. The predicted octanol–water partition coefficient (Wildman–Crippen LogP) is 1.96. The molecule has 0 saturated carbocycles. The fourth-order valence-corrected chi connectivity index (χ4v) is 1.74. The molecule has 5 nitrogen and oxygen atoms in total. The maximum atomic E-state index is 11.6. The Morgan fingerprint density at radius 1 is 1.53 bits per heavy atom. The summed E-state index contributed by atoms with van der Waals surface area (Å²) in [6.07, 6.45) is 1.30. The normalized spacial score (nSPS) is 12.9. The molecule has 0 radical (unpaired) electrons. The third-order valence-corrected chi connectivity index (χ3v) is 2.61. The fourth-order valence-electron chi connectivity index (χ4n) is 1.74. The maximum absolute atomic E-state index is 11.6. The molecule has 0 aliphatic rings. The first-order valence-electron chi connectivity index (χ1n) is 6.42. The number of carbonyl (C=O) groups is 1. The highest BCUT2D eigenvalue weighted by atomic mass is 16.6. The van der Waals surface area contributed by atoms with Crippen LogP contribution in [0.2, 0.25) is 0 Å². The summed E-state index contributed by atoms with van der Waals surface area (Å²) in [7, 11) is 0. The minimum Gasteiger partial charge on any atom is -0.444 e. The van der Waals surface area contributed by atoms with Crippen molar-refractivity contribution in [2.75, 3.05) is 13.1 Å². The first-order valence-corrected chi connectivity index (χ1v) is 6.42. The van der Waals surface area contributed by atoms with Crippen molar-refractivity contribution in [3.63, 3.8) is 0 Å². The molecular weight excluding hydrogens is 242 g/mol. The Bertz CT molecular complexity index is 427. The van der Waals surface area contributed by atoms with Crippen molar-refractivity contribution in [2.45, 2.75) is 39.2 Å². The molecule has 1 aromatic rings. The molecule has 1 unspecified atom stereocenters. The molecular formula is C14H23N3O2. The summed E-state index contributed by atoms with van der Waals surface area (Å²) < 4.78 is 5.19. The van der Waals surface area contributed by atoms with Crippen LogP contribution in [0.15, 0.2) is 18.3 Å². The molecule has 0 saturated heterocycles. The maximum Gasteiger partial charge on any atom is 0.407 e. The molecule has 5 heteroatoms. The second-order valence-corrected chi connectivity index (χ2v) is 5.52. The summed E-state index contributed by atoms with van der Waals surface area (Å²) in [4.78, 5) is 15.9. The Balaban J connectivity index is 2.59. The lowest BCUT2D eigenvalue weighted by Crippen LogP contribution is -2.36. The van der Waals surface area contributed by atoms with Crippen LogP contribution < -0.4 is 11.1 Å². The van der Waals surface area contributed by atoms with Gasteiger partial charge < -0.3 is 15.8 Å². The molecule has 0 spiro atoms. The van der Waals surface area contributed by atoms with Gasteiger partial charge in [0.05, 0.1) is 0 Å². The standard InChI is InChI=1S/C14H23N3O2/c1-10-6-5-7-16-12(10)11(8-15)9-17-13(18)19-14(2,3)4/h5-7,11H,8-9,15H2,1-4H3,(H,17,18). The van der Waals surface area contributed by atoms with Crippen LogP contribution in [0.1, 0.15) is 37.9 Å². The number of rotatable bonds is 4. The van der Waals surface area contributed by atoms with Gasteiger partial charge in [-0.2, -0.15) is 0 Å². The van der Waals surface area contributed by atoms with Gasteiger partial charge in [-0.1, -0.05) is 6.07 Å². The number of carbonyl (C=O) groups excluding carboxylic acids is 1. The quantitative estimate of drug-likeness (QED) is 0.872. The molecule has 106 valence electrons. The van der Waals surface area contributed by atoms with E-state index in [1.807, 2.05) is 39.8 Å². The van der Waals surface area contributed by atoms with Crippen molar-refractivity contribution < 1.29 is 9.53 Å². The van der Waals surface area contributed by atoms with Gasteiger partial charge in [-0.15, -0.1) is 0 Å². The third-order valence-electron chi connectivity index (χ3n) is 2.61. The minimum atomic E-state index is -0.497. The van der Waals surface area contributed by atoms with E-state index in [1.54, 1.807) is 6.20 Å². The van der Waals surface area contributed by atoms with Crippen molar-refractivity contribution in [1.29, 1.82) is 0 Å². The van der Waals surface area contributed by atoms with Gasteiger partial charge in [-0.25, -0.2) is 4.79 Å². The Kier molecular flexibility index (Phi) is 5.30. The number of nitrogens with two attached hydrogens (primary N) is 1. The fraction of sp³-hybridized carbons (Fsp3) is 0.571. The smallest absolute Gasteiger partial charge is 0.407 e. The summed E-state index contributed by atoms with van der Waals surface area (Å²) in [6.45, 7) is 8.32. The number of alkyl carbamates (subject to hydrolysis) is 1. The zero-order valence-corrected chi connectivity index (χ0v) is 12.1. The van der Waals surface area contributed by atoms with Gasteiger partial charge in [0.1, 0.15) is 5.60 Å². The first-order chi connectivity index (χ1) is 8.83. The van der Waals surface area contributed by atoms with E-state index in [-0.39, 0.29) is 5.92 Å². The Labute approximate surface area is 114 Å². The molecule has 1 rings (SSSR count). The molecule has 0 aliphatic heterocycles. The van der Waals surface area contributed by atoms with Crippen molar-refractivity contribution in [3.8, 4) is 0 Å². The van der Waals surface area contributed by atoms with Gasteiger partial charge in [0.15, 0.2) is 0 Å². The first kappa shape index (κ1) is 15.4. The predicted molar refractivity (Wildman–Crippen MR) is 75.0 cm³/mol. The van der Waals surface area contributed by atoms with Gasteiger partial charge in [0.2, 0.25) is 0 Å². The Morgan fingerprint density at radius 2 is 2.21 bits per heavy atom. The van der Waals surface area contributed by atoms with E-state index >= 15 is 0 Å². The van der Waals surface area contributed by atoms with Gasteiger partial charge in [0, 0.05) is 30.9 Å². The number of amides is 1. The molecule has 1 heterocycles. The largest absolute Gasteiger partial charge is 0.444 e. The van der Waals surface area contributed by atoms with Crippen LogP contribution in [-0.2, 0) is 4.74 Å². The number of aromatic nitrogens is 1. The van der Waals surface area contributed by atoms with Crippen LogP contribution in [-0.4, -0.2) is 29.8 Å². The lowest BCUT2D eigenvalue weighted by atomic mass is 10.0. The molecule has 19 heavy (non-hydrogen) atoms. The van der Waals surface area contributed by atoms with Gasteiger partial charge in [0.25, 0.3) is 0 Å². The number of nitrogens with one attached hydrogen (secondary N) is 1. The summed E-state index contributed by atoms with van der Waals surface area (Å²) >= 11 is 0. The zero-order valence-electron chi connectivity index (χ0n) is 12.1. The van der Waals surface area contributed by atoms with Gasteiger partial charge >= 0.3 is 6.09 Å². The number of pyridine rings is 1. The minimum absolute atomic E-state index is 0.00582. The Hall–Kier alpha value is -1.62. The molecule has 0 fully saturated rings. The highest BCUT2D eigenvalue weighted by Crippen LogP contribution is 2.15. The van der Waals surface area contributed by atoms with Crippen LogP contribution in [0.4, 0.5) is 4.79 Å². The van der Waals surface area contributed by atoms with Crippen LogP contribution in [0, 0.1) is 6.92 Å². The van der Waals surface area contributed by atoms with E-state index < -0.39 is 11.7 Å². The topological polar surface area (TPSA) is 77.2 Å². The molecule has 1 atom stereocenters. The van der Waals surface area contributed by atoms with Crippen LogP contribution in [0.3, 0.4) is 0 Å². The second kappa shape index (κ2) is 6.52. The Morgan fingerprint density at radius 3 is 2.74 bits per heavy atom. The lowest BCUT2D eigenvalue weighted by Gasteiger charge is -2.21. The number of hydrogen-bond acceptors (Lipinski definition) is 4. The summed E-state index contributed by atoms with van der Waals surface area (Å²) in [5, 5.41) is 2.73. The second-order valence-electron chi connectivity index (χ2n) is 5.52. The highest BCUT2D eigenvalue weighted by Gasteiger charge is 2.18. The van der Waals surface area contributed by atoms with E-state index in [4.69, 9.17) is 10.5 Å². The molecule has 0 aliphatic carbocycles. The van der Waals surface area contributed by atoms with Gasteiger partial charge in [-0.3, -0.25) is 4.98 Å². The van der Waals surface area contributed by atoms with E-state index in [2.05, 4.69) is 10.3 Å². The van der Waals surface area contributed by atoms with E-state index in [0.29, 0.717) is 13.1 Å². The monoisotopic (exact) mass is 265 g/mol. The molecule has 3 N–H and O–H groups in total. The summed E-state index contributed by atoms with van der Waals surface area (Å²) in [5.41, 5.74) is 7.25. The highest BCUT2D eigenvalue weighted by molar-refractivity contribution is 5.67. The van der Waals surface area contributed by atoms with Crippen molar-refractivity contribution in [1.82, 2.24) is 10.3 Å². The van der Waals surface area contributed by atoms with E-state index in [1.165, 1.54) is 0 Å². The van der Waals surface area contributed by atoms with Crippen molar-refractivity contribution in [2.24, 2.45) is 5.73 Å². The van der Waals surface area contributed by atoms with Crippen LogP contribution in [0.25, 0.3) is 0 Å². The summed E-state index contributed by atoms with van der Waals surface area (Å²) in [5.74, 6) is -0.00582. The van der Waals surface area contributed by atoms with Crippen LogP contribution >= 0.6 is 0 Å². The molecule has 0 aromatic carbocycles. The van der Waals surface area contributed by atoms with E-state index in [0.717, 1.165) is 11.3 Å². The average Bonchev–Trinajstić information content (AvgIpc) is 2.29. The van der Waals surface area contributed by atoms with E-state index in [9.17, 15) is 4.79 Å². The van der Waals surface area contributed by atoms with Crippen LogP contribution in [0.5, 0.6) is 0 Å². The molecule has 1 aromatic heterocycles. The molecule has 0 bridgehead atoms. The average molecular weight is 265 g/mol. The number of nitrogens with zero attached hydrogens (tertiary/aromatic N) is 1. The molecule has 1 amide bonds. The van der Waals surface area contributed by atoms with Crippen molar-refractivity contribution >= 4 is 6.09 Å².